The van der Waals surface area contributed by atoms with Gasteiger partial charge in [-0.05, 0) is 11.8 Å². The van der Waals surface area contributed by atoms with Crippen molar-refractivity contribution in [3.05, 3.63) is 0 Å². The van der Waals surface area contributed by atoms with Crippen LogP contribution in [0.3, 0.4) is 0 Å². The molecule has 1 atom stereocenters. The van der Waals surface area contributed by atoms with E-state index in [0.717, 1.165) is 13.2 Å². The van der Waals surface area contributed by atoms with Gasteiger partial charge in [0.05, 0.1) is 13.2 Å². The highest BCUT2D eigenvalue weighted by molar-refractivity contribution is 5.67. The molecule has 0 amide bonds. The third-order valence-corrected chi connectivity index (χ3v) is 3.69. The smallest absolute Gasteiger partial charge is 0.303 e. The molecule has 0 aromatic rings. The van der Waals surface area contributed by atoms with Crippen molar-refractivity contribution in [2.45, 2.75) is 32.1 Å². The molecule has 0 aromatic heterocycles. The van der Waals surface area contributed by atoms with Crippen LogP contribution in [0.4, 0.5) is 0 Å². The van der Waals surface area contributed by atoms with Crippen LogP contribution in [-0.2, 0) is 9.53 Å². The molecule has 80 valence electrons. The molecule has 3 heteroatoms. The quantitative estimate of drug-likeness (QED) is 0.750. The van der Waals surface area contributed by atoms with Crippen molar-refractivity contribution in [1.29, 1.82) is 0 Å². The predicted molar refractivity (Wildman–Crippen MR) is 52.0 cm³/mol. The van der Waals surface area contributed by atoms with Crippen LogP contribution < -0.4 is 0 Å². The molecule has 1 aliphatic carbocycles. The first-order valence-corrected chi connectivity index (χ1v) is 5.57. The average Bonchev–Trinajstić information content (AvgIpc) is 2.49. The van der Waals surface area contributed by atoms with Gasteiger partial charge in [-0.3, -0.25) is 4.79 Å². The molecule has 1 aliphatic heterocycles. The van der Waals surface area contributed by atoms with Gasteiger partial charge in [0.25, 0.3) is 0 Å². The summed E-state index contributed by atoms with van der Waals surface area (Å²) in [6, 6.07) is 0. The maximum atomic E-state index is 10.8. The molecule has 1 saturated carbocycles. The Morgan fingerprint density at radius 3 is 2.36 bits per heavy atom. The Morgan fingerprint density at radius 2 is 1.93 bits per heavy atom. The minimum absolute atomic E-state index is 0.346. The Bertz CT molecular complexity index is 205. The van der Waals surface area contributed by atoms with Crippen LogP contribution in [-0.4, -0.2) is 24.3 Å². The molecule has 0 spiro atoms. The summed E-state index contributed by atoms with van der Waals surface area (Å²) >= 11 is 0. The zero-order valence-corrected chi connectivity index (χ0v) is 8.45. The lowest BCUT2D eigenvalue weighted by molar-refractivity contribution is -0.142. The van der Waals surface area contributed by atoms with Crippen LogP contribution in [0.5, 0.6) is 0 Å². The first-order valence-electron chi connectivity index (χ1n) is 5.57. The van der Waals surface area contributed by atoms with E-state index in [1.54, 1.807) is 0 Å². The normalized spacial score (nSPS) is 26.0. The standard InChI is InChI=1S/C11H18O3/c12-11(13)5-10(9-6-14-7-9)8-3-1-2-4-8/h8-10H,1-7H2,(H,12,13). The first kappa shape index (κ1) is 9.97. The van der Waals surface area contributed by atoms with Gasteiger partial charge in [-0.15, -0.1) is 0 Å². The monoisotopic (exact) mass is 198 g/mol. The topological polar surface area (TPSA) is 46.5 Å². The molecule has 0 bridgehead atoms. The van der Waals surface area contributed by atoms with Gasteiger partial charge >= 0.3 is 5.97 Å². The average molecular weight is 198 g/mol. The van der Waals surface area contributed by atoms with Crippen LogP contribution in [0.2, 0.25) is 0 Å². The number of carboxylic acid groups (broad SMARTS) is 1. The highest BCUT2D eigenvalue weighted by Gasteiger charge is 2.36. The van der Waals surface area contributed by atoms with E-state index >= 15 is 0 Å². The fourth-order valence-electron chi connectivity index (χ4n) is 2.81. The van der Waals surface area contributed by atoms with Gasteiger partial charge in [-0.2, -0.15) is 0 Å². The van der Waals surface area contributed by atoms with Gasteiger partial charge in [0.15, 0.2) is 0 Å². The van der Waals surface area contributed by atoms with E-state index in [9.17, 15) is 4.79 Å². The second-order valence-electron chi connectivity index (χ2n) is 4.60. The number of ether oxygens (including phenoxy) is 1. The minimum atomic E-state index is -0.645. The van der Waals surface area contributed by atoms with Gasteiger partial charge in [-0.25, -0.2) is 0 Å². The fraction of sp³-hybridized carbons (Fsp3) is 0.909. The van der Waals surface area contributed by atoms with Crippen molar-refractivity contribution >= 4 is 5.97 Å². The molecular formula is C11H18O3. The fourth-order valence-corrected chi connectivity index (χ4v) is 2.81. The lowest BCUT2D eigenvalue weighted by Crippen LogP contribution is -2.38. The summed E-state index contributed by atoms with van der Waals surface area (Å²) < 4.78 is 5.16. The van der Waals surface area contributed by atoms with E-state index in [1.807, 2.05) is 0 Å². The summed E-state index contributed by atoms with van der Waals surface area (Å²) in [6.45, 7) is 1.57. The number of carboxylic acids is 1. The molecule has 1 saturated heterocycles. The zero-order chi connectivity index (χ0) is 9.97. The van der Waals surface area contributed by atoms with E-state index < -0.39 is 5.97 Å². The summed E-state index contributed by atoms with van der Waals surface area (Å²) in [5, 5.41) is 8.87. The Kier molecular flexibility index (Phi) is 3.06. The van der Waals surface area contributed by atoms with Crippen LogP contribution in [0.25, 0.3) is 0 Å². The summed E-state index contributed by atoms with van der Waals surface area (Å²) in [5.74, 6) is 0.909. The van der Waals surface area contributed by atoms with Crippen molar-refractivity contribution in [2.24, 2.45) is 17.8 Å². The Labute approximate surface area is 84.4 Å². The van der Waals surface area contributed by atoms with Crippen LogP contribution in [0.15, 0.2) is 0 Å². The molecule has 1 N–H and O–H groups in total. The van der Waals surface area contributed by atoms with E-state index in [1.165, 1.54) is 25.7 Å². The van der Waals surface area contributed by atoms with Crippen molar-refractivity contribution in [3.8, 4) is 0 Å². The summed E-state index contributed by atoms with van der Waals surface area (Å²) in [4.78, 5) is 10.8. The van der Waals surface area contributed by atoms with E-state index in [2.05, 4.69) is 0 Å². The van der Waals surface area contributed by atoms with Crippen LogP contribution >= 0.6 is 0 Å². The molecule has 1 unspecified atom stereocenters. The third kappa shape index (κ3) is 2.08. The molecular weight excluding hydrogens is 180 g/mol. The highest BCUT2D eigenvalue weighted by Crippen LogP contribution is 2.39. The number of rotatable bonds is 4. The Morgan fingerprint density at radius 1 is 1.29 bits per heavy atom. The van der Waals surface area contributed by atoms with Gasteiger partial charge in [0, 0.05) is 12.3 Å². The third-order valence-electron chi connectivity index (χ3n) is 3.69. The maximum Gasteiger partial charge on any atom is 0.303 e. The highest BCUT2D eigenvalue weighted by atomic mass is 16.5. The van der Waals surface area contributed by atoms with Gasteiger partial charge in [-0.1, -0.05) is 25.7 Å². The Balaban J connectivity index is 1.93. The number of hydrogen-bond acceptors (Lipinski definition) is 2. The van der Waals surface area contributed by atoms with Crippen LogP contribution in [0.1, 0.15) is 32.1 Å². The summed E-state index contributed by atoms with van der Waals surface area (Å²) in [5.41, 5.74) is 0. The van der Waals surface area contributed by atoms with Crippen molar-refractivity contribution in [1.82, 2.24) is 0 Å². The van der Waals surface area contributed by atoms with E-state index in [-0.39, 0.29) is 0 Å². The van der Waals surface area contributed by atoms with Crippen molar-refractivity contribution < 1.29 is 14.6 Å². The predicted octanol–water partition coefficient (Wildman–Crippen LogP) is 1.91. The summed E-state index contributed by atoms with van der Waals surface area (Å²) in [6.07, 6.45) is 5.38. The first-order chi connectivity index (χ1) is 6.77. The maximum absolute atomic E-state index is 10.8. The number of hydrogen-bond donors (Lipinski definition) is 1. The molecule has 14 heavy (non-hydrogen) atoms. The summed E-state index contributed by atoms with van der Waals surface area (Å²) in [7, 11) is 0. The largest absolute Gasteiger partial charge is 0.481 e. The molecule has 0 radical (unpaired) electrons. The van der Waals surface area contributed by atoms with E-state index in [0.29, 0.717) is 24.2 Å². The van der Waals surface area contributed by atoms with Gasteiger partial charge in [0.1, 0.15) is 0 Å². The zero-order valence-electron chi connectivity index (χ0n) is 8.45. The van der Waals surface area contributed by atoms with Crippen LogP contribution in [0, 0.1) is 17.8 Å². The molecule has 2 rings (SSSR count). The molecule has 2 aliphatic rings. The van der Waals surface area contributed by atoms with Gasteiger partial charge in [0.2, 0.25) is 0 Å². The Hall–Kier alpha value is -0.570. The molecule has 0 aromatic carbocycles. The lowest BCUT2D eigenvalue weighted by atomic mass is 9.77. The molecule has 1 heterocycles. The number of carbonyl (C=O) groups is 1. The van der Waals surface area contributed by atoms with E-state index in [4.69, 9.17) is 9.84 Å². The van der Waals surface area contributed by atoms with Crippen molar-refractivity contribution in [3.63, 3.8) is 0 Å². The second kappa shape index (κ2) is 4.30. The number of aliphatic carboxylic acids is 1. The van der Waals surface area contributed by atoms with Crippen molar-refractivity contribution in [2.75, 3.05) is 13.2 Å². The SMILES string of the molecule is O=C(O)CC(C1CCCC1)C1COC1. The lowest BCUT2D eigenvalue weighted by Gasteiger charge is -2.36. The molecule has 2 fully saturated rings. The second-order valence-corrected chi connectivity index (χ2v) is 4.60. The van der Waals surface area contributed by atoms with Gasteiger partial charge < -0.3 is 9.84 Å². The minimum Gasteiger partial charge on any atom is -0.481 e. The molecule has 3 nitrogen and oxygen atoms in total.